The topological polar surface area (TPSA) is 67.6 Å². The Labute approximate surface area is 92.9 Å². The third-order valence-electron chi connectivity index (χ3n) is 2.37. The van der Waals surface area contributed by atoms with Gasteiger partial charge in [-0.3, -0.25) is 0 Å². The van der Waals surface area contributed by atoms with Gasteiger partial charge in [0, 0.05) is 12.2 Å². The number of halogens is 1. The Bertz CT molecular complexity index is 463. The Morgan fingerprint density at radius 3 is 3.07 bits per heavy atom. The zero-order valence-electron chi connectivity index (χ0n) is 8.50. The van der Waals surface area contributed by atoms with Crippen LogP contribution in [0.4, 0.5) is 0 Å². The van der Waals surface area contributed by atoms with E-state index in [0.717, 1.165) is 29.4 Å². The number of nitrogens with two attached hydrogens (primary N) is 1. The highest BCUT2D eigenvalue weighted by molar-refractivity contribution is 6.34. The van der Waals surface area contributed by atoms with Crippen LogP contribution in [0.1, 0.15) is 18.9 Å². The molecule has 80 valence electrons. The average Bonchev–Trinajstić information content (AvgIpc) is 2.59. The van der Waals surface area contributed by atoms with Crippen molar-refractivity contribution in [3.05, 3.63) is 23.2 Å². The van der Waals surface area contributed by atoms with Crippen LogP contribution in [0.25, 0.3) is 11.0 Å². The Kier molecular flexibility index (Phi) is 2.88. The van der Waals surface area contributed by atoms with Crippen molar-refractivity contribution < 1.29 is 0 Å². The smallest absolute Gasteiger partial charge is 0.142 e. The van der Waals surface area contributed by atoms with Crippen molar-refractivity contribution in [2.75, 3.05) is 0 Å². The van der Waals surface area contributed by atoms with Crippen LogP contribution < -0.4 is 5.73 Å². The van der Waals surface area contributed by atoms with Gasteiger partial charge in [0.2, 0.25) is 0 Å². The zero-order chi connectivity index (χ0) is 10.8. The van der Waals surface area contributed by atoms with E-state index < -0.39 is 0 Å². The summed E-state index contributed by atoms with van der Waals surface area (Å²) in [6, 6.07) is 0.193. The lowest BCUT2D eigenvalue weighted by molar-refractivity contribution is 0.668. The predicted molar refractivity (Wildman–Crippen MR) is 60.9 cm³/mol. The van der Waals surface area contributed by atoms with Crippen molar-refractivity contribution in [1.29, 1.82) is 0 Å². The van der Waals surface area contributed by atoms with Gasteiger partial charge in [0.25, 0.3) is 0 Å². The first-order chi connectivity index (χ1) is 7.18. The first-order valence-corrected chi connectivity index (χ1v) is 5.28. The second-order valence-corrected chi connectivity index (χ2v) is 4.08. The van der Waals surface area contributed by atoms with Crippen molar-refractivity contribution in [1.82, 2.24) is 15.0 Å². The third-order valence-corrected chi connectivity index (χ3v) is 2.66. The van der Waals surface area contributed by atoms with Gasteiger partial charge >= 0.3 is 0 Å². The van der Waals surface area contributed by atoms with E-state index in [1.165, 1.54) is 6.33 Å². The van der Waals surface area contributed by atoms with Crippen LogP contribution >= 0.6 is 11.6 Å². The fraction of sp³-hybridized carbons (Fsp3) is 0.400. The van der Waals surface area contributed by atoms with Crippen molar-refractivity contribution in [3.8, 4) is 0 Å². The summed E-state index contributed by atoms with van der Waals surface area (Å²) < 4.78 is 0. The zero-order valence-corrected chi connectivity index (χ0v) is 9.25. The standard InChI is InChI=1S/C10H13ClN4/c1-6(12)2-3-7-4-13-10-8(7)9(11)14-5-15-10/h4-6H,2-3,12H2,1H3,(H,13,14,15). The van der Waals surface area contributed by atoms with Crippen LogP contribution in [0.5, 0.6) is 0 Å². The first kappa shape index (κ1) is 10.4. The summed E-state index contributed by atoms with van der Waals surface area (Å²) in [5, 5.41) is 1.42. The molecule has 0 radical (unpaired) electrons. The monoisotopic (exact) mass is 224 g/mol. The number of aromatic nitrogens is 3. The molecule has 1 unspecified atom stereocenters. The SMILES string of the molecule is CC(N)CCc1c[nH]c2ncnc(Cl)c12. The number of nitrogens with zero attached hydrogens (tertiary/aromatic N) is 2. The molecule has 0 aliphatic rings. The van der Waals surface area contributed by atoms with E-state index in [0.29, 0.717) is 5.15 Å². The summed E-state index contributed by atoms with van der Waals surface area (Å²) >= 11 is 6.02. The second-order valence-electron chi connectivity index (χ2n) is 3.72. The first-order valence-electron chi connectivity index (χ1n) is 4.90. The molecule has 0 aliphatic heterocycles. The van der Waals surface area contributed by atoms with Crippen molar-refractivity contribution in [2.45, 2.75) is 25.8 Å². The molecule has 0 saturated heterocycles. The second kappa shape index (κ2) is 4.16. The van der Waals surface area contributed by atoms with Gasteiger partial charge in [-0.1, -0.05) is 11.6 Å². The molecule has 0 amide bonds. The molecule has 2 aromatic heterocycles. The Hall–Kier alpha value is -1.13. The quantitative estimate of drug-likeness (QED) is 0.783. The molecule has 0 bridgehead atoms. The number of hydrogen-bond acceptors (Lipinski definition) is 3. The number of hydrogen-bond donors (Lipinski definition) is 2. The van der Waals surface area contributed by atoms with Crippen LogP contribution in [0.2, 0.25) is 5.15 Å². The molecule has 1 atom stereocenters. The summed E-state index contributed by atoms with van der Waals surface area (Å²) in [6.45, 7) is 1.99. The largest absolute Gasteiger partial charge is 0.346 e. The van der Waals surface area contributed by atoms with Crippen LogP contribution in [0.3, 0.4) is 0 Å². The van der Waals surface area contributed by atoms with E-state index in [2.05, 4.69) is 15.0 Å². The molecule has 15 heavy (non-hydrogen) atoms. The summed E-state index contributed by atoms with van der Waals surface area (Å²) in [4.78, 5) is 11.2. The maximum Gasteiger partial charge on any atom is 0.142 e. The van der Waals surface area contributed by atoms with Crippen molar-refractivity contribution >= 4 is 22.6 Å². The van der Waals surface area contributed by atoms with Crippen LogP contribution in [0, 0.1) is 0 Å². The highest BCUT2D eigenvalue weighted by Gasteiger charge is 2.09. The average molecular weight is 225 g/mol. The molecule has 0 aliphatic carbocycles. The van der Waals surface area contributed by atoms with E-state index in [1.54, 1.807) is 0 Å². The molecule has 2 heterocycles. The predicted octanol–water partition coefficient (Wildman–Crippen LogP) is 1.89. The summed E-state index contributed by atoms with van der Waals surface area (Å²) in [7, 11) is 0. The minimum atomic E-state index is 0.193. The van der Waals surface area contributed by atoms with Gasteiger partial charge in [0.05, 0.1) is 5.39 Å². The van der Waals surface area contributed by atoms with E-state index >= 15 is 0 Å². The van der Waals surface area contributed by atoms with E-state index in [-0.39, 0.29) is 6.04 Å². The lowest BCUT2D eigenvalue weighted by atomic mass is 10.1. The van der Waals surface area contributed by atoms with Gasteiger partial charge in [-0.05, 0) is 25.3 Å². The molecule has 0 spiro atoms. The minimum absolute atomic E-state index is 0.193. The molecular weight excluding hydrogens is 212 g/mol. The minimum Gasteiger partial charge on any atom is -0.346 e. The lowest BCUT2D eigenvalue weighted by Gasteiger charge is -2.03. The molecular formula is C10H13ClN4. The fourth-order valence-corrected chi connectivity index (χ4v) is 1.82. The molecule has 2 aromatic rings. The Morgan fingerprint density at radius 2 is 2.33 bits per heavy atom. The maximum absolute atomic E-state index is 6.02. The highest BCUT2D eigenvalue weighted by atomic mass is 35.5. The summed E-state index contributed by atoms with van der Waals surface area (Å²) in [5.41, 5.74) is 7.64. The van der Waals surface area contributed by atoms with Gasteiger partial charge in [-0.15, -0.1) is 0 Å². The normalized spacial score (nSPS) is 13.3. The van der Waals surface area contributed by atoms with Gasteiger partial charge in [-0.2, -0.15) is 0 Å². The molecule has 5 heteroatoms. The van der Waals surface area contributed by atoms with E-state index in [4.69, 9.17) is 17.3 Å². The van der Waals surface area contributed by atoms with Gasteiger partial charge < -0.3 is 10.7 Å². The maximum atomic E-state index is 6.02. The lowest BCUT2D eigenvalue weighted by Crippen LogP contribution is -2.15. The van der Waals surface area contributed by atoms with Crippen LogP contribution in [0.15, 0.2) is 12.5 Å². The number of rotatable bonds is 3. The molecule has 0 saturated carbocycles. The summed E-state index contributed by atoms with van der Waals surface area (Å²) in [6.07, 6.45) is 5.20. The van der Waals surface area contributed by atoms with Crippen molar-refractivity contribution in [2.24, 2.45) is 5.73 Å². The Morgan fingerprint density at radius 1 is 1.53 bits per heavy atom. The highest BCUT2D eigenvalue weighted by Crippen LogP contribution is 2.23. The van der Waals surface area contributed by atoms with E-state index in [1.807, 2.05) is 13.1 Å². The molecule has 0 fully saturated rings. The Balaban J connectivity index is 2.35. The molecule has 4 nitrogen and oxygen atoms in total. The number of aromatic amines is 1. The third kappa shape index (κ3) is 2.11. The van der Waals surface area contributed by atoms with Crippen LogP contribution in [-0.4, -0.2) is 21.0 Å². The van der Waals surface area contributed by atoms with Gasteiger partial charge in [0.15, 0.2) is 0 Å². The fourth-order valence-electron chi connectivity index (χ4n) is 1.57. The van der Waals surface area contributed by atoms with Gasteiger partial charge in [-0.25, -0.2) is 9.97 Å². The number of aryl methyl sites for hydroxylation is 1. The van der Waals surface area contributed by atoms with Crippen molar-refractivity contribution in [3.63, 3.8) is 0 Å². The number of H-pyrrole nitrogens is 1. The van der Waals surface area contributed by atoms with Crippen LogP contribution in [-0.2, 0) is 6.42 Å². The molecule has 3 N–H and O–H groups in total. The van der Waals surface area contributed by atoms with E-state index in [9.17, 15) is 0 Å². The number of fused-ring (bicyclic) bond motifs is 1. The summed E-state index contributed by atoms with van der Waals surface area (Å²) in [5.74, 6) is 0. The molecule has 0 aromatic carbocycles. The molecule has 2 rings (SSSR count). The number of nitrogens with one attached hydrogen (secondary N) is 1. The van der Waals surface area contributed by atoms with Gasteiger partial charge in [0.1, 0.15) is 17.1 Å².